The van der Waals surface area contributed by atoms with Crippen LogP contribution in [0.1, 0.15) is 17.2 Å². The van der Waals surface area contributed by atoms with Crippen LogP contribution in [0.2, 0.25) is 0 Å². The van der Waals surface area contributed by atoms with Crippen LogP contribution in [-0.2, 0) is 21.2 Å². The zero-order valence-electron chi connectivity index (χ0n) is 16.5. The lowest BCUT2D eigenvalue weighted by molar-refractivity contribution is -0.117. The Bertz CT molecular complexity index is 1070. The van der Waals surface area contributed by atoms with Gasteiger partial charge in [-0.25, -0.2) is 13.1 Å². The Morgan fingerprint density at radius 3 is 2.66 bits per heavy atom. The van der Waals surface area contributed by atoms with Gasteiger partial charge in [-0.2, -0.15) is 0 Å². The second-order valence-corrected chi connectivity index (χ2v) is 9.13. The maximum atomic E-state index is 12.9. The molecule has 0 saturated carbocycles. The molecule has 1 N–H and O–H groups in total. The first kappa shape index (κ1) is 19.7. The lowest BCUT2D eigenvalue weighted by Gasteiger charge is -2.25. The highest BCUT2D eigenvalue weighted by Crippen LogP contribution is 2.35. The molecule has 9 heteroatoms. The number of fused-ring (bicyclic) bond motifs is 2. The highest BCUT2D eigenvalue weighted by molar-refractivity contribution is 7.89. The van der Waals surface area contributed by atoms with Crippen molar-refractivity contribution in [2.24, 2.45) is 0 Å². The van der Waals surface area contributed by atoms with Crippen LogP contribution in [-0.4, -0.2) is 53.7 Å². The number of amides is 1. The van der Waals surface area contributed by atoms with Crippen LogP contribution >= 0.6 is 0 Å². The van der Waals surface area contributed by atoms with E-state index in [1.165, 1.54) is 6.07 Å². The Morgan fingerprint density at radius 1 is 1.14 bits per heavy atom. The average Bonchev–Trinajstić information content (AvgIpc) is 3.25. The Balaban J connectivity index is 1.53. The molecular formula is C20H23N3O5S. The van der Waals surface area contributed by atoms with Gasteiger partial charge in [0.15, 0.2) is 11.5 Å². The molecule has 0 saturated heterocycles. The van der Waals surface area contributed by atoms with E-state index >= 15 is 0 Å². The second-order valence-electron chi connectivity index (χ2n) is 7.36. The second kappa shape index (κ2) is 7.33. The summed E-state index contributed by atoms with van der Waals surface area (Å²) in [7, 11) is 1.74. The molecule has 0 bridgehead atoms. The van der Waals surface area contributed by atoms with Crippen molar-refractivity contribution in [3.63, 3.8) is 0 Å². The number of benzene rings is 2. The Hall–Kier alpha value is -2.62. The summed E-state index contributed by atoms with van der Waals surface area (Å²) in [5.41, 5.74) is 2.39. The van der Waals surface area contributed by atoms with E-state index in [0.717, 1.165) is 16.8 Å². The summed E-state index contributed by atoms with van der Waals surface area (Å²) in [4.78, 5) is 15.5. The fraction of sp³-hybridized carbons (Fsp3) is 0.350. The molecule has 8 nitrogen and oxygen atoms in total. The standard InChI is InChI=1S/C20H23N3O5S/c1-22(2)17(13-4-7-18-19(9-13)28-12-27-18)11-21-29(25,26)15-5-6-16-14(8-15)10-20(24)23(16)3/h4-9,17,21H,10-12H2,1-3H3/t17-/m0/s1. The van der Waals surface area contributed by atoms with Gasteiger partial charge in [0, 0.05) is 25.3 Å². The van der Waals surface area contributed by atoms with Gasteiger partial charge < -0.3 is 19.3 Å². The van der Waals surface area contributed by atoms with Crippen molar-refractivity contribution in [3.05, 3.63) is 47.5 Å². The van der Waals surface area contributed by atoms with Crippen molar-refractivity contribution in [3.8, 4) is 11.5 Å². The number of ether oxygens (including phenoxy) is 2. The van der Waals surface area contributed by atoms with Gasteiger partial charge in [0.2, 0.25) is 22.7 Å². The quantitative estimate of drug-likeness (QED) is 0.767. The summed E-state index contributed by atoms with van der Waals surface area (Å²) in [5.74, 6) is 1.30. The van der Waals surface area contributed by atoms with E-state index in [4.69, 9.17) is 9.47 Å². The van der Waals surface area contributed by atoms with Crippen molar-refractivity contribution in [1.82, 2.24) is 9.62 Å². The molecule has 0 radical (unpaired) electrons. The normalized spacial score (nSPS) is 16.4. The number of nitrogens with zero attached hydrogens (tertiary/aromatic N) is 2. The smallest absolute Gasteiger partial charge is 0.240 e. The van der Waals surface area contributed by atoms with Crippen LogP contribution in [0, 0.1) is 0 Å². The summed E-state index contributed by atoms with van der Waals surface area (Å²) in [5, 5.41) is 0. The average molecular weight is 417 g/mol. The van der Waals surface area contributed by atoms with Gasteiger partial charge in [-0.15, -0.1) is 0 Å². The van der Waals surface area contributed by atoms with E-state index in [1.54, 1.807) is 24.1 Å². The van der Waals surface area contributed by atoms with Crippen LogP contribution in [0.15, 0.2) is 41.3 Å². The number of carbonyl (C=O) groups excluding carboxylic acids is 1. The third-order valence-electron chi connectivity index (χ3n) is 5.31. The Kier molecular flexibility index (Phi) is 4.97. The van der Waals surface area contributed by atoms with Crippen LogP contribution < -0.4 is 19.1 Å². The first-order valence-corrected chi connectivity index (χ1v) is 10.7. The number of hydrogen-bond acceptors (Lipinski definition) is 6. The minimum absolute atomic E-state index is 0.0435. The molecule has 4 rings (SSSR count). The van der Waals surface area contributed by atoms with Gasteiger partial charge >= 0.3 is 0 Å². The van der Waals surface area contributed by atoms with Crippen LogP contribution in [0.4, 0.5) is 5.69 Å². The van der Waals surface area contributed by atoms with Crippen molar-refractivity contribution >= 4 is 21.6 Å². The number of anilines is 1. The van der Waals surface area contributed by atoms with Crippen molar-refractivity contribution in [2.45, 2.75) is 17.4 Å². The van der Waals surface area contributed by atoms with Gasteiger partial charge in [-0.1, -0.05) is 6.07 Å². The SMILES string of the molecule is CN1C(=O)Cc2cc(S(=O)(=O)NC[C@@H](c3ccc4c(c3)OCO4)N(C)C)ccc21. The molecule has 2 aromatic rings. The number of likely N-dealkylation sites (N-methyl/N-ethyl adjacent to an activating group) is 2. The molecule has 0 aliphatic carbocycles. The lowest BCUT2D eigenvalue weighted by Crippen LogP contribution is -2.34. The fourth-order valence-corrected chi connectivity index (χ4v) is 4.69. The third-order valence-corrected chi connectivity index (χ3v) is 6.73. The van der Waals surface area contributed by atoms with Gasteiger partial charge in [0.05, 0.1) is 11.3 Å². The van der Waals surface area contributed by atoms with Crippen LogP contribution in [0.3, 0.4) is 0 Å². The molecule has 2 aliphatic heterocycles. The van der Waals surface area contributed by atoms with Crippen LogP contribution in [0.25, 0.3) is 0 Å². The summed E-state index contributed by atoms with van der Waals surface area (Å²) in [6.07, 6.45) is 0.215. The highest BCUT2D eigenvalue weighted by atomic mass is 32.2. The molecule has 2 aromatic carbocycles. The van der Waals surface area contributed by atoms with E-state index in [-0.39, 0.29) is 36.6 Å². The molecule has 0 aromatic heterocycles. The monoisotopic (exact) mass is 417 g/mol. The molecule has 1 atom stereocenters. The third kappa shape index (κ3) is 3.68. The van der Waals surface area contributed by atoms with Crippen molar-refractivity contribution < 1.29 is 22.7 Å². The number of hydrogen-bond donors (Lipinski definition) is 1. The number of carbonyl (C=O) groups is 1. The molecule has 0 fully saturated rings. The Labute approximate surface area is 170 Å². The van der Waals surface area contributed by atoms with E-state index in [1.807, 2.05) is 37.2 Å². The zero-order chi connectivity index (χ0) is 20.8. The summed E-state index contributed by atoms with van der Waals surface area (Å²) in [6.45, 7) is 0.374. The predicted octanol–water partition coefficient (Wildman–Crippen LogP) is 1.52. The maximum absolute atomic E-state index is 12.9. The fourth-order valence-electron chi connectivity index (χ4n) is 3.60. The van der Waals surface area contributed by atoms with Gasteiger partial charge in [0.25, 0.3) is 0 Å². The topological polar surface area (TPSA) is 88.2 Å². The largest absolute Gasteiger partial charge is 0.454 e. The number of nitrogens with one attached hydrogen (secondary N) is 1. The molecule has 29 heavy (non-hydrogen) atoms. The van der Waals surface area contributed by atoms with Gasteiger partial charge in [0.1, 0.15) is 0 Å². The summed E-state index contributed by atoms with van der Waals surface area (Å²) < 4.78 is 39.2. The van der Waals surface area contributed by atoms with Gasteiger partial charge in [-0.3, -0.25) is 4.79 Å². The molecule has 2 heterocycles. The molecule has 0 unspecified atom stereocenters. The van der Waals surface area contributed by atoms with Gasteiger partial charge in [-0.05, 0) is 55.6 Å². The van der Waals surface area contributed by atoms with E-state index in [9.17, 15) is 13.2 Å². The molecule has 2 aliphatic rings. The minimum Gasteiger partial charge on any atom is -0.454 e. The Morgan fingerprint density at radius 2 is 1.90 bits per heavy atom. The first-order chi connectivity index (χ1) is 13.8. The maximum Gasteiger partial charge on any atom is 0.240 e. The molecular weight excluding hydrogens is 394 g/mol. The van der Waals surface area contributed by atoms with E-state index in [0.29, 0.717) is 11.5 Å². The first-order valence-electron chi connectivity index (χ1n) is 9.21. The van der Waals surface area contributed by atoms with E-state index < -0.39 is 10.0 Å². The minimum atomic E-state index is -3.73. The summed E-state index contributed by atoms with van der Waals surface area (Å²) >= 11 is 0. The van der Waals surface area contributed by atoms with E-state index in [2.05, 4.69) is 4.72 Å². The predicted molar refractivity (Wildman–Crippen MR) is 108 cm³/mol. The number of rotatable bonds is 6. The summed E-state index contributed by atoms with van der Waals surface area (Å²) in [6, 6.07) is 10.2. The lowest BCUT2D eigenvalue weighted by atomic mass is 10.1. The molecule has 1 amide bonds. The highest BCUT2D eigenvalue weighted by Gasteiger charge is 2.27. The molecule has 0 spiro atoms. The van der Waals surface area contributed by atoms with Crippen LogP contribution in [0.5, 0.6) is 11.5 Å². The van der Waals surface area contributed by atoms with Crippen molar-refractivity contribution in [2.75, 3.05) is 39.4 Å². The number of sulfonamides is 1. The zero-order valence-corrected chi connectivity index (χ0v) is 17.3. The van der Waals surface area contributed by atoms with Crippen molar-refractivity contribution in [1.29, 1.82) is 0 Å². The molecule has 154 valence electrons.